The van der Waals surface area contributed by atoms with E-state index in [-0.39, 0.29) is 11.9 Å². The van der Waals surface area contributed by atoms with Crippen LogP contribution in [-0.2, 0) is 0 Å². The molecule has 2 rings (SSSR count). The highest BCUT2D eigenvalue weighted by atomic mass is 32.1. The predicted octanol–water partition coefficient (Wildman–Crippen LogP) is 3.40. The van der Waals surface area contributed by atoms with Crippen LogP contribution in [0.4, 0.5) is 0 Å². The Morgan fingerprint density at radius 2 is 2.05 bits per heavy atom. The van der Waals surface area contributed by atoms with Gasteiger partial charge in [0.1, 0.15) is 0 Å². The van der Waals surface area contributed by atoms with Gasteiger partial charge < -0.3 is 10.2 Å². The van der Waals surface area contributed by atoms with Gasteiger partial charge in [-0.15, -0.1) is 11.3 Å². The number of rotatable bonds is 5. The van der Waals surface area contributed by atoms with Crippen molar-refractivity contribution >= 4 is 17.2 Å². The Morgan fingerprint density at radius 3 is 2.62 bits per heavy atom. The number of nitrogens with one attached hydrogen (secondary N) is 1. The summed E-state index contributed by atoms with van der Waals surface area (Å²) in [6.45, 7) is 4.62. The second-order valence-corrected chi connectivity index (χ2v) is 6.50. The SMILES string of the molecule is Cc1ccc(C(=O)NCC(c2cccs2)N(C)C)c(C)c1. The number of aryl methyl sites for hydroxylation is 2. The summed E-state index contributed by atoms with van der Waals surface area (Å²) in [5.41, 5.74) is 2.95. The Morgan fingerprint density at radius 1 is 1.29 bits per heavy atom. The first-order valence-electron chi connectivity index (χ1n) is 7.04. The monoisotopic (exact) mass is 302 g/mol. The van der Waals surface area contributed by atoms with Crippen molar-refractivity contribution in [3.05, 3.63) is 57.3 Å². The first kappa shape index (κ1) is 15.7. The number of carbonyl (C=O) groups excluding carboxylic acids is 1. The molecule has 0 bridgehead atoms. The lowest BCUT2D eigenvalue weighted by molar-refractivity contribution is 0.0941. The molecule has 1 N–H and O–H groups in total. The van der Waals surface area contributed by atoms with Crippen LogP contribution in [-0.4, -0.2) is 31.4 Å². The maximum atomic E-state index is 12.3. The molecule has 0 spiro atoms. The van der Waals surface area contributed by atoms with Crippen LogP contribution >= 0.6 is 11.3 Å². The zero-order valence-electron chi connectivity index (χ0n) is 13.0. The topological polar surface area (TPSA) is 32.3 Å². The van der Waals surface area contributed by atoms with Crippen LogP contribution in [0.25, 0.3) is 0 Å². The van der Waals surface area contributed by atoms with Gasteiger partial charge in [-0.25, -0.2) is 0 Å². The molecule has 0 aliphatic heterocycles. The first-order chi connectivity index (χ1) is 9.99. The molecule has 0 fully saturated rings. The Hall–Kier alpha value is -1.65. The third-order valence-electron chi connectivity index (χ3n) is 3.58. The minimum absolute atomic E-state index is 0.00379. The van der Waals surface area contributed by atoms with Gasteiger partial charge in [-0.2, -0.15) is 0 Å². The third-order valence-corrected chi connectivity index (χ3v) is 4.55. The highest BCUT2D eigenvalue weighted by molar-refractivity contribution is 7.10. The Kier molecular flexibility index (Phi) is 5.15. The number of carbonyl (C=O) groups is 1. The van der Waals surface area contributed by atoms with Gasteiger partial charge >= 0.3 is 0 Å². The Labute approximate surface area is 130 Å². The molecule has 1 aromatic heterocycles. The van der Waals surface area contributed by atoms with Gasteiger partial charge in [0.15, 0.2) is 0 Å². The fourth-order valence-electron chi connectivity index (χ4n) is 2.37. The minimum atomic E-state index is -0.00379. The van der Waals surface area contributed by atoms with E-state index >= 15 is 0 Å². The molecule has 1 aromatic carbocycles. The number of likely N-dealkylation sites (N-methyl/N-ethyl adjacent to an activating group) is 1. The van der Waals surface area contributed by atoms with Crippen molar-refractivity contribution in [3.8, 4) is 0 Å². The molecule has 3 nitrogen and oxygen atoms in total. The molecule has 4 heteroatoms. The largest absolute Gasteiger partial charge is 0.350 e. The van der Waals surface area contributed by atoms with E-state index < -0.39 is 0 Å². The average Bonchev–Trinajstić information content (AvgIpc) is 2.92. The van der Waals surface area contributed by atoms with Gasteiger partial charge in [0.25, 0.3) is 5.91 Å². The second kappa shape index (κ2) is 6.87. The van der Waals surface area contributed by atoms with Gasteiger partial charge in [0.2, 0.25) is 0 Å². The summed E-state index contributed by atoms with van der Waals surface area (Å²) in [6, 6.07) is 10.3. The molecule has 0 saturated heterocycles. The fraction of sp³-hybridized carbons (Fsp3) is 0.353. The van der Waals surface area contributed by atoms with Crippen molar-refractivity contribution in [1.29, 1.82) is 0 Å². The van der Waals surface area contributed by atoms with Crippen LogP contribution in [0.2, 0.25) is 0 Å². The third kappa shape index (κ3) is 3.93. The average molecular weight is 302 g/mol. The standard InChI is InChI=1S/C17H22N2OS/c1-12-7-8-14(13(2)10-12)17(20)18-11-15(19(3)4)16-6-5-9-21-16/h5-10,15H,11H2,1-4H3,(H,18,20). The van der Waals surface area contributed by atoms with Crippen LogP contribution in [0.3, 0.4) is 0 Å². The summed E-state index contributed by atoms with van der Waals surface area (Å²) in [5, 5.41) is 5.12. The minimum Gasteiger partial charge on any atom is -0.350 e. The summed E-state index contributed by atoms with van der Waals surface area (Å²) >= 11 is 1.72. The number of nitrogens with zero attached hydrogens (tertiary/aromatic N) is 1. The van der Waals surface area contributed by atoms with Crippen molar-refractivity contribution in [3.63, 3.8) is 0 Å². The van der Waals surface area contributed by atoms with E-state index in [1.807, 2.05) is 52.2 Å². The van der Waals surface area contributed by atoms with E-state index in [0.717, 1.165) is 11.1 Å². The molecule has 1 amide bonds. The molecule has 0 radical (unpaired) electrons. The van der Waals surface area contributed by atoms with Crippen LogP contribution in [0, 0.1) is 13.8 Å². The smallest absolute Gasteiger partial charge is 0.251 e. The molecule has 2 aromatic rings. The molecule has 1 unspecified atom stereocenters. The van der Waals surface area contributed by atoms with Crippen LogP contribution in [0.1, 0.15) is 32.4 Å². The highest BCUT2D eigenvalue weighted by Gasteiger charge is 2.17. The zero-order valence-corrected chi connectivity index (χ0v) is 13.8. The molecule has 112 valence electrons. The van der Waals surface area contributed by atoms with Crippen molar-refractivity contribution in [2.24, 2.45) is 0 Å². The summed E-state index contributed by atoms with van der Waals surface area (Å²) < 4.78 is 0. The van der Waals surface area contributed by atoms with Gasteiger partial charge in [0, 0.05) is 17.0 Å². The van der Waals surface area contributed by atoms with Gasteiger partial charge in [-0.05, 0) is 51.0 Å². The number of thiophene rings is 1. The predicted molar refractivity (Wildman–Crippen MR) is 89.0 cm³/mol. The van der Waals surface area contributed by atoms with Crippen molar-refractivity contribution in [1.82, 2.24) is 10.2 Å². The van der Waals surface area contributed by atoms with Crippen molar-refractivity contribution in [2.45, 2.75) is 19.9 Å². The summed E-state index contributed by atoms with van der Waals surface area (Å²) in [4.78, 5) is 15.7. The Balaban J connectivity index is 2.05. The van der Waals surface area contributed by atoms with Crippen LogP contribution in [0.15, 0.2) is 35.7 Å². The Bertz CT molecular complexity index is 605. The van der Waals surface area contributed by atoms with Gasteiger partial charge in [-0.1, -0.05) is 23.8 Å². The summed E-state index contributed by atoms with van der Waals surface area (Å²) in [5.74, 6) is -0.00379. The van der Waals surface area contributed by atoms with Gasteiger partial charge in [0.05, 0.1) is 6.04 Å². The maximum Gasteiger partial charge on any atom is 0.251 e. The van der Waals surface area contributed by atoms with E-state index in [1.165, 1.54) is 10.4 Å². The normalized spacial score (nSPS) is 12.4. The van der Waals surface area contributed by atoms with E-state index in [2.05, 4.69) is 21.7 Å². The second-order valence-electron chi connectivity index (χ2n) is 5.52. The van der Waals surface area contributed by atoms with Crippen LogP contribution in [0.5, 0.6) is 0 Å². The van der Waals surface area contributed by atoms with Crippen LogP contribution < -0.4 is 5.32 Å². The molecular weight excluding hydrogens is 280 g/mol. The lowest BCUT2D eigenvalue weighted by Gasteiger charge is -2.23. The summed E-state index contributed by atoms with van der Waals surface area (Å²) in [7, 11) is 4.07. The van der Waals surface area contributed by atoms with E-state index in [4.69, 9.17) is 0 Å². The van der Waals surface area contributed by atoms with Gasteiger partial charge in [-0.3, -0.25) is 4.79 Å². The highest BCUT2D eigenvalue weighted by Crippen LogP contribution is 2.22. The quantitative estimate of drug-likeness (QED) is 0.918. The lowest BCUT2D eigenvalue weighted by atomic mass is 10.1. The van der Waals surface area contributed by atoms with Crippen molar-refractivity contribution < 1.29 is 4.79 Å². The summed E-state index contributed by atoms with van der Waals surface area (Å²) in [6.07, 6.45) is 0. The van der Waals surface area contributed by atoms with E-state index in [1.54, 1.807) is 11.3 Å². The number of hydrogen-bond acceptors (Lipinski definition) is 3. The molecular formula is C17H22N2OS. The lowest BCUT2D eigenvalue weighted by Crippen LogP contribution is -2.34. The fourth-order valence-corrected chi connectivity index (χ4v) is 3.29. The molecule has 1 atom stereocenters. The molecule has 0 aliphatic carbocycles. The molecule has 21 heavy (non-hydrogen) atoms. The molecule has 0 saturated carbocycles. The zero-order chi connectivity index (χ0) is 15.4. The first-order valence-corrected chi connectivity index (χ1v) is 7.92. The number of hydrogen-bond donors (Lipinski definition) is 1. The molecule has 0 aliphatic rings. The molecule has 1 heterocycles. The van der Waals surface area contributed by atoms with E-state index in [0.29, 0.717) is 6.54 Å². The number of benzene rings is 1. The van der Waals surface area contributed by atoms with E-state index in [9.17, 15) is 4.79 Å². The van der Waals surface area contributed by atoms with Crippen molar-refractivity contribution in [2.75, 3.05) is 20.6 Å². The number of amides is 1. The maximum absolute atomic E-state index is 12.3.